The number of rotatable bonds is 4. The van der Waals surface area contributed by atoms with E-state index in [2.05, 4.69) is 40.1 Å². The van der Waals surface area contributed by atoms with Gasteiger partial charge in [0.05, 0.1) is 6.10 Å². The van der Waals surface area contributed by atoms with Crippen LogP contribution in [0.15, 0.2) is 54.6 Å². The van der Waals surface area contributed by atoms with Crippen molar-refractivity contribution in [3.05, 3.63) is 71.5 Å². The summed E-state index contributed by atoms with van der Waals surface area (Å²) < 4.78 is 13.3. The first-order chi connectivity index (χ1) is 15.2. The van der Waals surface area contributed by atoms with Crippen LogP contribution in [0.5, 0.6) is 0 Å². The minimum atomic E-state index is -0.208. The first-order valence-corrected chi connectivity index (χ1v) is 12.1. The van der Waals surface area contributed by atoms with E-state index < -0.39 is 0 Å². The van der Waals surface area contributed by atoms with Gasteiger partial charge in [0.25, 0.3) is 0 Å². The molecule has 2 heterocycles. The summed E-state index contributed by atoms with van der Waals surface area (Å²) in [7, 11) is 0. The highest BCUT2D eigenvalue weighted by atomic mass is 35.5. The minimum absolute atomic E-state index is 0. The van der Waals surface area contributed by atoms with Crippen molar-refractivity contribution >= 4 is 24.8 Å². The molecule has 3 aliphatic rings. The summed E-state index contributed by atoms with van der Waals surface area (Å²) in [5, 5.41) is 11.0. The molecule has 1 saturated carbocycles. The van der Waals surface area contributed by atoms with E-state index in [0.29, 0.717) is 17.9 Å². The molecule has 4 unspecified atom stereocenters. The summed E-state index contributed by atoms with van der Waals surface area (Å²) in [5.41, 5.74) is 2.65. The average Bonchev–Trinajstić information content (AvgIpc) is 2.81. The Balaban J connectivity index is 0.00000153. The molecule has 2 saturated heterocycles. The maximum Gasteiger partial charge on any atom is 0.123 e. The van der Waals surface area contributed by atoms with E-state index in [4.69, 9.17) is 0 Å². The summed E-state index contributed by atoms with van der Waals surface area (Å²) in [6.07, 6.45) is 6.56. The first kappa shape index (κ1) is 26.4. The Hall–Kier alpha value is -1.17. The van der Waals surface area contributed by atoms with Crippen LogP contribution in [-0.2, 0) is 6.54 Å². The zero-order chi connectivity index (χ0) is 21.2. The number of nitrogens with zero attached hydrogens (tertiary/aromatic N) is 2. The Morgan fingerprint density at radius 2 is 1.52 bits per heavy atom. The molecular weight excluding hydrogens is 458 g/mol. The van der Waals surface area contributed by atoms with E-state index in [9.17, 15) is 9.50 Å². The number of halogens is 3. The number of fused-ring (bicyclic) bond motifs is 1. The minimum Gasteiger partial charge on any atom is -0.391 e. The molecule has 3 fully saturated rings. The molecule has 1 aliphatic carbocycles. The quantitative estimate of drug-likeness (QED) is 0.594. The molecule has 33 heavy (non-hydrogen) atoms. The van der Waals surface area contributed by atoms with E-state index >= 15 is 0 Å². The van der Waals surface area contributed by atoms with Crippen molar-refractivity contribution in [1.29, 1.82) is 0 Å². The molecule has 0 amide bonds. The summed E-state index contributed by atoms with van der Waals surface area (Å²) >= 11 is 0. The second-order valence-electron chi connectivity index (χ2n) is 9.89. The van der Waals surface area contributed by atoms with E-state index in [1.54, 1.807) is 12.1 Å². The van der Waals surface area contributed by atoms with Crippen LogP contribution in [0, 0.1) is 11.7 Å². The normalized spacial score (nSPS) is 28.9. The molecule has 0 spiro atoms. The smallest absolute Gasteiger partial charge is 0.123 e. The first-order valence-electron chi connectivity index (χ1n) is 12.1. The summed E-state index contributed by atoms with van der Waals surface area (Å²) in [4.78, 5) is 5.18. The Kier molecular flexibility index (Phi) is 9.61. The van der Waals surface area contributed by atoms with Crippen LogP contribution in [0.1, 0.15) is 55.6 Å². The predicted octanol–water partition coefficient (Wildman–Crippen LogP) is 5.65. The van der Waals surface area contributed by atoms with Gasteiger partial charge in [-0.2, -0.15) is 0 Å². The fourth-order valence-electron chi connectivity index (χ4n) is 6.40. The van der Waals surface area contributed by atoms with Crippen molar-refractivity contribution in [2.24, 2.45) is 5.92 Å². The van der Waals surface area contributed by atoms with Crippen molar-refractivity contribution in [1.82, 2.24) is 9.80 Å². The van der Waals surface area contributed by atoms with Gasteiger partial charge in [-0.25, -0.2) is 4.39 Å². The highest BCUT2D eigenvalue weighted by Gasteiger charge is 2.43. The van der Waals surface area contributed by atoms with Gasteiger partial charge in [0.2, 0.25) is 0 Å². The standard InChI is InChI=1S/C27H35FN2O.2ClH/c28-24-10-8-20(9-11-24)19-30-14-4-7-23-17-27(31)26(18-25(23)30)29-15-12-22(13-16-29)21-5-2-1-3-6-21;;/h1-3,5-6,8-11,22-23,25-27,31H,4,7,12-19H2;2*1H. The van der Waals surface area contributed by atoms with E-state index in [1.165, 1.54) is 36.8 Å². The second-order valence-corrected chi connectivity index (χ2v) is 9.89. The SMILES string of the molecule is Cl.Cl.OC1CC2CCCN(Cc3ccc(F)cc3)C2CC1N1CCC(c2ccccc2)CC1. The number of hydrogen-bond donors (Lipinski definition) is 1. The topological polar surface area (TPSA) is 26.7 Å². The molecule has 0 radical (unpaired) electrons. The van der Waals surface area contributed by atoms with Crippen LogP contribution >= 0.6 is 24.8 Å². The van der Waals surface area contributed by atoms with Gasteiger partial charge in [-0.3, -0.25) is 9.80 Å². The predicted molar refractivity (Wildman–Crippen MR) is 137 cm³/mol. The molecule has 2 aromatic carbocycles. The van der Waals surface area contributed by atoms with Gasteiger partial charge in [-0.15, -0.1) is 24.8 Å². The van der Waals surface area contributed by atoms with Gasteiger partial charge in [0.1, 0.15) is 5.82 Å². The third-order valence-electron chi connectivity index (χ3n) is 8.07. The zero-order valence-electron chi connectivity index (χ0n) is 19.2. The Labute approximate surface area is 210 Å². The van der Waals surface area contributed by atoms with Crippen LogP contribution in [0.4, 0.5) is 4.39 Å². The van der Waals surface area contributed by atoms with Crippen molar-refractivity contribution in [2.45, 2.75) is 69.2 Å². The number of hydrogen-bond acceptors (Lipinski definition) is 3. The van der Waals surface area contributed by atoms with Crippen molar-refractivity contribution in [3.63, 3.8) is 0 Å². The molecule has 1 N–H and O–H groups in total. The number of aliphatic hydroxyl groups excluding tert-OH is 1. The summed E-state index contributed by atoms with van der Waals surface area (Å²) in [6, 6.07) is 18.7. The highest BCUT2D eigenvalue weighted by Crippen LogP contribution is 2.39. The van der Waals surface area contributed by atoms with Crippen molar-refractivity contribution < 1.29 is 9.50 Å². The number of aliphatic hydroxyl groups is 1. The monoisotopic (exact) mass is 494 g/mol. The molecule has 4 atom stereocenters. The molecule has 2 aromatic rings. The van der Waals surface area contributed by atoms with Gasteiger partial charge in [0.15, 0.2) is 0 Å². The molecule has 182 valence electrons. The van der Waals surface area contributed by atoms with E-state index in [0.717, 1.165) is 39.0 Å². The van der Waals surface area contributed by atoms with Gasteiger partial charge in [-0.05, 0) is 93.3 Å². The average molecular weight is 496 g/mol. The van der Waals surface area contributed by atoms with Gasteiger partial charge >= 0.3 is 0 Å². The molecular formula is C27H37Cl2FN2O. The van der Waals surface area contributed by atoms with Crippen molar-refractivity contribution in [2.75, 3.05) is 19.6 Å². The number of benzene rings is 2. The van der Waals surface area contributed by atoms with E-state index in [-0.39, 0.29) is 42.8 Å². The molecule has 2 aliphatic heterocycles. The molecule has 6 heteroatoms. The van der Waals surface area contributed by atoms with Crippen LogP contribution in [0.25, 0.3) is 0 Å². The fourth-order valence-corrected chi connectivity index (χ4v) is 6.40. The third-order valence-corrected chi connectivity index (χ3v) is 8.07. The van der Waals surface area contributed by atoms with Crippen molar-refractivity contribution in [3.8, 4) is 0 Å². The highest BCUT2D eigenvalue weighted by molar-refractivity contribution is 5.85. The Morgan fingerprint density at radius 1 is 0.818 bits per heavy atom. The van der Waals surface area contributed by atoms with E-state index in [1.807, 2.05) is 12.1 Å². The zero-order valence-corrected chi connectivity index (χ0v) is 20.8. The number of likely N-dealkylation sites (tertiary alicyclic amines) is 2. The molecule has 0 aromatic heterocycles. The van der Waals surface area contributed by atoms with Crippen LogP contribution in [0.3, 0.4) is 0 Å². The van der Waals surface area contributed by atoms with Crippen LogP contribution in [0.2, 0.25) is 0 Å². The lowest BCUT2D eigenvalue weighted by molar-refractivity contribution is -0.0602. The fraction of sp³-hybridized carbons (Fsp3) is 0.556. The van der Waals surface area contributed by atoms with Crippen LogP contribution < -0.4 is 0 Å². The molecule has 0 bridgehead atoms. The van der Waals surface area contributed by atoms with Gasteiger partial charge in [-0.1, -0.05) is 42.5 Å². The third kappa shape index (κ3) is 6.10. The number of piperidine rings is 2. The molecule has 3 nitrogen and oxygen atoms in total. The Morgan fingerprint density at radius 3 is 2.21 bits per heavy atom. The lowest BCUT2D eigenvalue weighted by Crippen LogP contribution is -2.58. The van der Waals surface area contributed by atoms with Crippen LogP contribution in [-0.4, -0.2) is 52.7 Å². The molecule has 5 rings (SSSR count). The summed E-state index contributed by atoms with van der Waals surface area (Å²) in [5.74, 6) is 1.07. The van der Waals surface area contributed by atoms with Gasteiger partial charge in [0, 0.05) is 18.6 Å². The summed E-state index contributed by atoms with van der Waals surface area (Å²) in [6.45, 7) is 4.16. The van der Waals surface area contributed by atoms with Gasteiger partial charge < -0.3 is 5.11 Å². The lowest BCUT2D eigenvalue weighted by Gasteiger charge is -2.51. The largest absolute Gasteiger partial charge is 0.391 e. The Bertz CT molecular complexity index is 845. The second kappa shape index (κ2) is 12.0. The maximum atomic E-state index is 13.3. The maximum absolute atomic E-state index is 13.3. The lowest BCUT2D eigenvalue weighted by atomic mass is 9.73.